The first kappa shape index (κ1) is 13.4. The first-order valence-corrected chi connectivity index (χ1v) is 4.66. The van der Waals surface area contributed by atoms with E-state index in [0.717, 1.165) is 0 Å². The highest BCUT2D eigenvalue weighted by Crippen LogP contribution is 2.19. The van der Waals surface area contributed by atoms with Crippen LogP contribution in [0.4, 0.5) is 19.3 Å². The van der Waals surface area contributed by atoms with Crippen LogP contribution < -0.4 is 10.6 Å². The average molecular weight is 254 g/mol. The lowest BCUT2D eigenvalue weighted by Gasteiger charge is -2.08. The number of halogens is 2. The maximum atomic E-state index is 13.3. The number of hydrogen-bond donors (Lipinski definition) is 3. The van der Waals surface area contributed by atoms with Crippen molar-refractivity contribution in [1.29, 1.82) is 0 Å². The van der Waals surface area contributed by atoms with Gasteiger partial charge in [-0.05, 0) is 6.07 Å². The van der Waals surface area contributed by atoms with Crippen molar-refractivity contribution in [3.8, 4) is 12.3 Å². The van der Waals surface area contributed by atoms with E-state index >= 15 is 0 Å². The summed E-state index contributed by atoms with van der Waals surface area (Å²) >= 11 is 0. The number of urea groups is 1. The predicted molar refractivity (Wildman–Crippen MR) is 59.2 cm³/mol. The van der Waals surface area contributed by atoms with Gasteiger partial charge in [0.2, 0.25) is 0 Å². The van der Waals surface area contributed by atoms with Crippen LogP contribution in [0.2, 0.25) is 0 Å². The summed E-state index contributed by atoms with van der Waals surface area (Å²) in [4.78, 5) is 21.8. The molecule has 1 aromatic rings. The fourth-order valence-electron chi connectivity index (χ4n) is 1.11. The van der Waals surface area contributed by atoms with Gasteiger partial charge in [0.25, 0.3) is 0 Å². The molecule has 0 atom stereocenters. The molecule has 0 radical (unpaired) electrons. The van der Waals surface area contributed by atoms with Crippen molar-refractivity contribution in [3.63, 3.8) is 0 Å². The Balaban J connectivity index is 2.96. The van der Waals surface area contributed by atoms with Crippen LogP contribution in [0.25, 0.3) is 0 Å². The van der Waals surface area contributed by atoms with Crippen LogP contribution in [0.3, 0.4) is 0 Å². The summed E-state index contributed by atoms with van der Waals surface area (Å²) in [6.07, 6.45) is 4.89. The number of carboxylic acid groups (broad SMARTS) is 1. The van der Waals surface area contributed by atoms with E-state index < -0.39 is 34.9 Å². The van der Waals surface area contributed by atoms with Gasteiger partial charge in [-0.15, -0.1) is 6.42 Å². The van der Waals surface area contributed by atoms with Gasteiger partial charge in [0.05, 0.1) is 17.8 Å². The number of carbonyl (C=O) groups excluding carboxylic acids is 1. The van der Waals surface area contributed by atoms with Gasteiger partial charge in [0.15, 0.2) is 0 Å². The highest BCUT2D eigenvalue weighted by molar-refractivity contribution is 5.93. The summed E-state index contributed by atoms with van der Waals surface area (Å²) in [6, 6.07) is 0.234. The van der Waals surface area contributed by atoms with E-state index in [2.05, 4.69) is 11.2 Å². The number of amides is 2. The van der Waals surface area contributed by atoms with E-state index in [0.29, 0.717) is 12.1 Å². The molecule has 0 aliphatic rings. The van der Waals surface area contributed by atoms with Crippen molar-refractivity contribution < 1.29 is 23.5 Å². The summed E-state index contributed by atoms with van der Waals surface area (Å²) in [7, 11) is 0. The maximum Gasteiger partial charge on any atom is 0.338 e. The van der Waals surface area contributed by atoms with Crippen molar-refractivity contribution in [2.75, 3.05) is 11.9 Å². The number of anilines is 1. The third-order valence-electron chi connectivity index (χ3n) is 1.89. The van der Waals surface area contributed by atoms with Gasteiger partial charge < -0.3 is 15.7 Å². The Morgan fingerprint density at radius 2 is 2.00 bits per heavy atom. The zero-order valence-corrected chi connectivity index (χ0v) is 8.96. The van der Waals surface area contributed by atoms with E-state index in [1.165, 1.54) is 0 Å². The second-order valence-electron chi connectivity index (χ2n) is 3.13. The molecule has 0 bridgehead atoms. The zero-order valence-electron chi connectivity index (χ0n) is 8.96. The van der Waals surface area contributed by atoms with Crippen molar-refractivity contribution >= 4 is 17.7 Å². The number of carboxylic acids is 1. The Morgan fingerprint density at radius 1 is 1.33 bits per heavy atom. The number of terminal acetylenes is 1. The van der Waals surface area contributed by atoms with E-state index in [9.17, 15) is 18.4 Å². The first-order chi connectivity index (χ1) is 8.45. The summed E-state index contributed by atoms with van der Waals surface area (Å²) < 4.78 is 26.3. The van der Waals surface area contributed by atoms with Crippen molar-refractivity contribution in [2.24, 2.45) is 0 Å². The Hall–Kier alpha value is -2.62. The molecule has 5 nitrogen and oxygen atoms in total. The fourth-order valence-corrected chi connectivity index (χ4v) is 1.11. The largest absolute Gasteiger partial charge is 0.478 e. The Kier molecular flexibility index (Phi) is 4.21. The van der Waals surface area contributed by atoms with E-state index in [-0.39, 0.29) is 6.54 Å². The van der Waals surface area contributed by atoms with E-state index in [4.69, 9.17) is 11.5 Å². The van der Waals surface area contributed by atoms with Crippen LogP contribution in [0.1, 0.15) is 10.4 Å². The van der Waals surface area contributed by atoms with Gasteiger partial charge in [0.1, 0.15) is 11.6 Å². The molecule has 2 amide bonds. The van der Waals surface area contributed by atoms with Crippen LogP contribution in [-0.4, -0.2) is 23.7 Å². The number of rotatable bonds is 3. The van der Waals surface area contributed by atoms with E-state index in [1.54, 1.807) is 0 Å². The highest BCUT2D eigenvalue weighted by Gasteiger charge is 2.16. The SMILES string of the molecule is C#CCNC(=O)Nc1cc(C(=O)O)c(F)cc1F. The fraction of sp³-hybridized carbons (Fsp3) is 0.0909. The van der Waals surface area contributed by atoms with Crippen molar-refractivity contribution in [3.05, 3.63) is 29.3 Å². The third-order valence-corrected chi connectivity index (χ3v) is 1.89. The summed E-state index contributed by atoms with van der Waals surface area (Å²) in [6.45, 7) is -0.0829. The quantitative estimate of drug-likeness (QED) is 0.714. The molecule has 7 heteroatoms. The second kappa shape index (κ2) is 5.63. The molecular weight excluding hydrogens is 246 g/mol. The molecule has 0 aliphatic carbocycles. The lowest BCUT2D eigenvalue weighted by Crippen LogP contribution is -2.29. The molecule has 1 rings (SSSR count). The molecule has 18 heavy (non-hydrogen) atoms. The van der Waals surface area contributed by atoms with Crippen molar-refractivity contribution in [2.45, 2.75) is 0 Å². The van der Waals surface area contributed by atoms with Gasteiger partial charge in [-0.25, -0.2) is 18.4 Å². The van der Waals surface area contributed by atoms with Crippen LogP contribution >= 0.6 is 0 Å². The monoisotopic (exact) mass is 254 g/mol. The second-order valence-corrected chi connectivity index (χ2v) is 3.13. The molecule has 0 unspecified atom stereocenters. The summed E-state index contributed by atoms with van der Waals surface area (Å²) in [5, 5.41) is 12.8. The minimum absolute atomic E-state index is 0.0829. The average Bonchev–Trinajstić information content (AvgIpc) is 2.29. The molecule has 1 aromatic carbocycles. The minimum Gasteiger partial charge on any atom is -0.478 e. The highest BCUT2D eigenvalue weighted by atomic mass is 19.1. The van der Waals surface area contributed by atoms with Crippen molar-refractivity contribution in [1.82, 2.24) is 5.32 Å². The predicted octanol–water partition coefficient (Wildman–Crippen LogP) is 1.42. The number of hydrogen-bond acceptors (Lipinski definition) is 2. The molecule has 94 valence electrons. The molecule has 0 fully saturated rings. The summed E-state index contributed by atoms with van der Waals surface area (Å²) in [5.41, 5.74) is -1.20. The number of aromatic carboxylic acids is 1. The number of carbonyl (C=O) groups is 2. The Morgan fingerprint density at radius 3 is 2.56 bits per heavy atom. The molecule has 0 spiro atoms. The maximum absolute atomic E-state index is 13.3. The molecule has 0 saturated carbocycles. The van der Waals surface area contributed by atoms with Crippen LogP contribution in [0.5, 0.6) is 0 Å². The first-order valence-electron chi connectivity index (χ1n) is 4.66. The molecular formula is C11H8F2N2O3. The molecule has 0 heterocycles. The molecule has 0 aromatic heterocycles. The lowest BCUT2D eigenvalue weighted by molar-refractivity contribution is 0.0692. The van der Waals surface area contributed by atoms with Crippen LogP contribution in [0.15, 0.2) is 12.1 Å². The van der Waals surface area contributed by atoms with E-state index in [1.807, 2.05) is 5.32 Å². The topological polar surface area (TPSA) is 78.4 Å². The van der Waals surface area contributed by atoms with Gasteiger partial charge in [-0.3, -0.25) is 0 Å². The van der Waals surface area contributed by atoms with Crippen LogP contribution in [-0.2, 0) is 0 Å². The Labute approximate surface area is 101 Å². The standard InChI is InChI=1S/C11H8F2N2O3/c1-2-3-14-11(18)15-9-4-6(10(16)17)7(12)5-8(9)13/h1,4-5H,3H2,(H,16,17)(H2,14,15,18). The molecule has 3 N–H and O–H groups in total. The normalized spacial score (nSPS) is 9.39. The van der Waals surface area contributed by atoms with Gasteiger partial charge >= 0.3 is 12.0 Å². The summed E-state index contributed by atoms with van der Waals surface area (Å²) in [5.74, 6) is -1.77. The molecule has 0 saturated heterocycles. The zero-order chi connectivity index (χ0) is 13.7. The lowest BCUT2D eigenvalue weighted by atomic mass is 10.2. The molecule has 0 aliphatic heterocycles. The number of nitrogens with one attached hydrogen (secondary N) is 2. The van der Waals surface area contributed by atoms with Crippen LogP contribution in [0, 0.1) is 24.0 Å². The van der Waals surface area contributed by atoms with Gasteiger partial charge in [0, 0.05) is 6.07 Å². The third kappa shape index (κ3) is 3.18. The smallest absolute Gasteiger partial charge is 0.338 e. The minimum atomic E-state index is -1.57. The number of benzene rings is 1. The Bertz CT molecular complexity index is 538. The van der Waals surface area contributed by atoms with Gasteiger partial charge in [-0.2, -0.15) is 0 Å². The van der Waals surface area contributed by atoms with Gasteiger partial charge in [-0.1, -0.05) is 5.92 Å².